The monoisotopic (exact) mass is 413 g/mol. The zero-order valence-electron chi connectivity index (χ0n) is 16.3. The quantitative estimate of drug-likeness (QED) is 0.390. The van der Waals surface area contributed by atoms with Crippen molar-refractivity contribution < 1.29 is 9.84 Å². The van der Waals surface area contributed by atoms with Gasteiger partial charge in [-0.3, -0.25) is 0 Å². The van der Waals surface area contributed by atoms with Crippen LogP contribution in [0.4, 0.5) is 0 Å². The molecule has 0 aliphatic rings. The van der Waals surface area contributed by atoms with Crippen LogP contribution < -0.4 is 4.74 Å². The minimum absolute atomic E-state index is 0.0428. The lowest BCUT2D eigenvalue weighted by molar-refractivity contribution is 0.341. The van der Waals surface area contributed by atoms with E-state index in [-0.39, 0.29) is 5.88 Å². The molecule has 5 nitrogen and oxygen atoms in total. The first-order valence-corrected chi connectivity index (χ1v) is 10.6. The van der Waals surface area contributed by atoms with Crippen LogP contribution in [0.3, 0.4) is 0 Å². The number of ether oxygens (including phenoxy) is 1. The van der Waals surface area contributed by atoms with Crippen molar-refractivity contribution in [3.05, 3.63) is 78.3 Å². The summed E-state index contributed by atoms with van der Waals surface area (Å²) in [6, 6.07) is 21.8. The van der Waals surface area contributed by atoms with Crippen molar-refractivity contribution in [3.63, 3.8) is 0 Å². The maximum atomic E-state index is 10.4. The van der Waals surface area contributed by atoms with Gasteiger partial charge in [0, 0.05) is 22.7 Å². The van der Waals surface area contributed by atoms with Crippen molar-refractivity contribution in [2.24, 2.45) is 0 Å². The van der Waals surface area contributed by atoms with Crippen LogP contribution in [-0.4, -0.2) is 26.3 Å². The molecule has 1 N–H and O–H groups in total. The zero-order chi connectivity index (χ0) is 20.5. The van der Waals surface area contributed by atoms with Gasteiger partial charge in [-0.25, -0.2) is 4.98 Å². The molecule has 5 aromatic rings. The highest BCUT2D eigenvalue weighted by Crippen LogP contribution is 2.42. The highest BCUT2D eigenvalue weighted by atomic mass is 32.1. The fraction of sp³-hybridized carbons (Fsp3) is 0.0833. The fourth-order valence-corrected chi connectivity index (χ4v) is 4.50. The summed E-state index contributed by atoms with van der Waals surface area (Å²) in [5, 5.41) is 17.2. The van der Waals surface area contributed by atoms with E-state index in [1.807, 2.05) is 49.4 Å². The van der Waals surface area contributed by atoms with E-state index >= 15 is 0 Å². The highest BCUT2D eigenvalue weighted by Gasteiger charge is 2.22. The van der Waals surface area contributed by atoms with Crippen LogP contribution in [0.5, 0.6) is 11.6 Å². The van der Waals surface area contributed by atoms with Crippen molar-refractivity contribution in [3.8, 4) is 44.5 Å². The Kier molecular flexibility index (Phi) is 4.69. The van der Waals surface area contributed by atoms with E-state index in [1.165, 1.54) is 10.6 Å². The van der Waals surface area contributed by atoms with Crippen LogP contribution in [0.2, 0.25) is 0 Å². The Morgan fingerprint density at radius 1 is 1.00 bits per heavy atom. The van der Waals surface area contributed by atoms with E-state index in [0.29, 0.717) is 12.3 Å². The standard InChI is InChI=1S/C24H19N3O2S/c1-2-29-19-11-7-6-10-18(19)23-22(24-25-13-12-21(28)27(24)26-23)20-14-17(15-30-20)16-8-4-3-5-9-16/h3-15,28H,2H2,1H3. The second-order valence-electron chi connectivity index (χ2n) is 6.76. The number of para-hydroxylation sites is 1. The molecule has 0 atom stereocenters. The van der Waals surface area contributed by atoms with Crippen LogP contribution in [0.25, 0.3) is 38.5 Å². The van der Waals surface area contributed by atoms with Gasteiger partial charge in [0.25, 0.3) is 0 Å². The zero-order valence-corrected chi connectivity index (χ0v) is 17.1. The molecular formula is C24H19N3O2S. The van der Waals surface area contributed by atoms with Gasteiger partial charge in [-0.05, 0) is 41.6 Å². The van der Waals surface area contributed by atoms with Crippen LogP contribution in [0.15, 0.2) is 78.3 Å². The van der Waals surface area contributed by atoms with Gasteiger partial charge in [-0.1, -0.05) is 42.5 Å². The van der Waals surface area contributed by atoms with Crippen LogP contribution in [0.1, 0.15) is 6.92 Å². The Morgan fingerprint density at radius 3 is 2.63 bits per heavy atom. The molecule has 0 aliphatic heterocycles. The van der Waals surface area contributed by atoms with Crippen LogP contribution >= 0.6 is 11.3 Å². The third kappa shape index (κ3) is 3.11. The summed E-state index contributed by atoms with van der Waals surface area (Å²) in [7, 11) is 0. The van der Waals surface area contributed by atoms with E-state index in [1.54, 1.807) is 17.5 Å². The van der Waals surface area contributed by atoms with Gasteiger partial charge in [0.2, 0.25) is 5.88 Å². The Morgan fingerprint density at radius 2 is 1.80 bits per heavy atom. The lowest BCUT2D eigenvalue weighted by atomic mass is 10.0. The summed E-state index contributed by atoms with van der Waals surface area (Å²) in [5.41, 5.74) is 5.38. The lowest BCUT2D eigenvalue weighted by Gasteiger charge is -2.09. The summed E-state index contributed by atoms with van der Waals surface area (Å²) in [6.07, 6.45) is 1.60. The van der Waals surface area contributed by atoms with Crippen LogP contribution in [0, 0.1) is 0 Å². The average Bonchev–Trinajstić information content (AvgIpc) is 3.40. The van der Waals surface area contributed by atoms with Gasteiger partial charge in [0.05, 0.1) is 12.2 Å². The number of hydrogen-bond acceptors (Lipinski definition) is 5. The minimum Gasteiger partial charge on any atom is -0.493 e. The molecular weight excluding hydrogens is 394 g/mol. The van der Waals surface area contributed by atoms with Crippen molar-refractivity contribution >= 4 is 17.0 Å². The SMILES string of the molecule is CCOc1ccccc1-c1nn2c(O)ccnc2c1-c1cc(-c2ccccc2)cs1. The first-order chi connectivity index (χ1) is 14.8. The molecule has 148 valence electrons. The molecule has 0 fully saturated rings. The Bertz CT molecular complexity index is 1330. The summed E-state index contributed by atoms with van der Waals surface area (Å²) in [5.74, 6) is 0.796. The summed E-state index contributed by atoms with van der Waals surface area (Å²) in [6.45, 7) is 2.51. The molecule has 3 heterocycles. The summed E-state index contributed by atoms with van der Waals surface area (Å²) < 4.78 is 7.34. The lowest BCUT2D eigenvalue weighted by Crippen LogP contribution is -1.95. The predicted octanol–water partition coefficient (Wildman–Crippen LogP) is 5.90. The number of fused-ring (bicyclic) bond motifs is 1. The number of nitrogens with zero attached hydrogens (tertiary/aromatic N) is 3. The minimum atomic E-state index is 0.0428. The normalized spacial score (nSPS) is 11.1. The number of aromatic hydroxyl groups is 1. The molecule has 0 bridgehead atoms. The maximum absolute atomic E-state index is 10.4. The van der Waals surface area contributed by atoms with E-state index in [4.69, 9.17) is 9.84 Å². The highest BCUT2D eigenvalue weighted by molar-refractivity contribution is 7.14. The largest absolute Gasteiger partial charge is 0.493 e. The molecule has 0 radical (unpaired) electrons. The molecule has 30 heavy (non-hydrogen) atoms. The van der Waals surface area contributed by atoms with Crippen molar-refractivity contribution in [1.82, 2.24) is 14.6 Å². The summed E-state index contributed by atoms with van der Waals surface area (Å²) in [4.78, 5) is 5.56. The molecule has 2 aromatic carbocycles. The molecule has 0 saturated heterocycles. The fourth-order valence-electron chi connectivity index (χ4n) is 3.54. The van der Waals surface area contributed by atoms with Gasteiger partial charge in [0.1, 0.15) is 11.4 Å². The smallest absolute Gasteiger partial charge is 0.215 e. The van der Waals surface area contributed by atoms with Crippen molar-refractivity contribution in [2.45, 2.75) is 6.92 Å². The van der Waals surface area contributed by atoms with Gasteiger partial charge in [-0.15, -0.1) is 11.3 Å². The number of thiophene rings is 1. The van der Waals surface area contributed by atoms with Gasteiger partial charge < -0.3 is 9.84 Å². The van der Waals surface area contributed by atoms with Gasteiger partial charge >= 0.3 is 0 Å². The Balaban J connectivity index is 1.75. The number of hydrogen-bond donors (Lipinski definition) is 1. The second kappa shape index (κ2) is 7.65. The van der Waals surface area contributed by atoms with Gasteiger partial charge in [0.15, 0.2) is 5.65 Å². The number of rotatable bonds is 5. The molecule has 0 unspecified atom stereocenters. The topological polar surface area (TPSA) is 59.7 Å². The Labute approximate surface area is 177 Å². The third-order valence-electron chi connectivity index (χ3n) is 4.89. The van der Waals surface area contributed by atoms with Gasteiger partial charge in [-0.2, -0.15) is 9.61 Å². The summed E-state index contributed by atoms with van der Waals surface area (Å²) >= 11 is 1.64. The molecule has 5 rings (SSSR count). The Hall–Kier alpha value is -3.64. The van der Waals surface area contributed by atoms with Crippen molar-refractivity contribution in [1.29, 1.82) is 0 Å². The molecule has 0 saturated carbocycles. The molecule has 3 aromatic heterocycles. The average molecular weight is 414 g/mol. The van der Waals surface area contributed by atoms with Crippen molar-refractivity contribution in [2.75, 3.05) is 6.61 Å². The first kappa shape index (κ1) is 18.4. The molecule has 0 spiro atoms. The molecule has 0 amide bonds. The second-order valence-corrected chi connectivity index (χ2v) is 7.67. The number of aromatic nitrogens is 3. The van der Waals surface area contributed by atoms with Crippen LogP contribution in [-0.2, 0) is 0 Å². The van der Waals surface area contributed by atoms with E-state index in [0.717, 1.165) is 38.6 Å². The first-order valence-electron chi connectivity index (χ1n) is 9.69. The van der Waals surface area contributed by atoms with E-state index in [2.05, 4.69) is 28.6 Å². The molecule has 0 aliphatic carbocycles. The van der Waals surface area contributed by atoms with E-state index < -0.39 is 0 Å². The predicted molar refractivity (Wildman–Crippen MR) is 120 cm³/mol. The maximum Gasteiger partial charge on any atom is 0.215 e. The van der Waals surface area contributed by atoms with E-state index in [9.17, 15) is 5.11 Å². The number of benzene rings is 2. The third-order valence-corrected chi connectivity index (χ3v) is 5.84. The molecule has 6 heteroatoms.